The molecular weight excluding hydrogens is 514 g/mol. The van der Waals surface area contributed by atoms with Crippen LogP contribution in [-0.4, -0.2) is 48.0 Å². The monoisotopic (exact) mass is 551 g/mol. The molecule has 208 valence electrons. The highest BCUT2D eigenvalue weighted by molar-refractivity contribution is 7.98. The number of thioether (sulfide) groups is 1. The predicted octanol–water partition coefficient (Wildman–Crippen LogP) is 5.51. The van der Waals surface area contributed by atoms with E-state index < -0.39 is 5.79 Å². The van der Waals surface area contributed by atoms with Gasteiger partial charge in [-0.2, -0.15) is 0 Å². The standard InChI is InChI=1S/C30H37N3O5S/c1-17-13-25(39-6)24(29(35)32-17)15-31-28(34)22-14-23(19-11-12-36-16-19)27-26(18(22)2)37-30(3,38-27)20-7-9-21(10-8-20)33(4)5/h11-14,16,20-21H,7-10,15H2,1-6H3,(H,31,34)(H,32,35)/t20-,21-,30?. The van der Waals surface area contributed by atoms with Crippen LogP contribution < -0.4 is 20.3 Å². The van der Waals surface area contributed by atoms with E-state index in [1.165, 1.54) is 11.8 Å². The van der Waals surface area contributed by atoms with Crippen molar-refractivity contribution in [3.8, 4) is 22.6 Å². The number of amides is 1. The smallest absolute Gasteiger partial charge is 0.254 e. The summed E-state index contributed by atoms with van der Waals surface area (Å²) < 4.78 is 18.6. The first-order valence-electron chi connectivity index (χ1n) is 13.4. The van der Waals surface area contributed by atoms with Gasteiger partial charge in [0.25, 0.3) is 17.3 Å². The van der Waals surface area contributed by atoms with Gasteiger partial charge in [0, 0.05) is 63.8 Å². The maximum atomic E-state index is 13.5. The van der Waals surface area contributed by atoms with E-state index >= 15 is 0 Å². The molecule has 5 rings (SSSR count). The van der Waals surface area contributed by atoms with Crippen LogP contribution in [0, 0.1) is 19.8 Å². The van der Waals surface area contributed by atoms with Gasteiger partial charge in [0.15, 0.2) is 11.5 Å². The van der Waals surface area contributed by atoms with Crippen molar-refractivity contribution >= 4 is 17.7 Å². The molecule has 2 aromatic heterocycles. The zero-order valence-corrected chi connectivity index (χ0v) is 24.3. The Morgan fingerprint density at radius 3 is 2.51 bits per heavy atom. The molecule has 1 atom stereocenters. The Labute approximate surface area is 233 Å². The van der Waals surface area contributed by atoms with Crippen molar-refractivity contribution in [3.05, 3.63) is 63.5 Å². The number of pyridine rings is 1. The lowest BCUT2D eigenvalue weighted by Crippen LogP contribution is -2.46. The largest absolute Gasteiger partial charge is 0.472 e. The van der Waals surface area contributed by atoms with Crippen molar-refractivity contribution in [3.63, 3.8) is 0 Å². The predicted molar refractivity (Wildman–Crippen MR) is 153 cm³/mol. The molecule has 39 heavy (non-hydrogen) atoms. The fraction of sp³-hybridized carbons (Fsp3) is 0.467. The minimum absolute atomic E-state index is 0.117. The normalized spacial score (nSPS) is 22.3. The summed E-state index contributed by atoms with van der Waals surface area (Å²) in [6, 6.07) is 6.18. The molecule has 0 saturated heterocycles. The second kappa shape index (κ2) is 10.8. The summed E-state index contributed by atoms with van der Waals surface area (Å²) >= 11 is 1.49. The molecule has 1 amide bonds. The van der Waals surface area contributed by atoms with E-state index in [0.717, 1.165) is 47.4 Å². The highest BCUT2D eigenvalue weighted by atomic mass is 32.2. The first-order valence-corrected chi connectivity index (χ1v) is 14.6. The fourth-order valence-electron chi connectivity index (χ4n) is 5.83. The third-order valence-corrected chi connectivity index (χ3v) is 9.02. The maximum Gasteiger partial charge on any atom is 0.254 e. The highest BCUT2D eigenvalue weighted by Crippen LogP contribution is 2.53. The van der Waals surface area contributed by atoms with Crippen molar-refractivity contribution in [2.24, 2.45) is 5.92 Å². The number of aromatic nitrogens is 1. The molecule has 3 aromatic rings. The third-order valence-electron chi connectivity index (χ3n) is 8.21. The average molecular weight is 552 g/mol. The van der Waals surface area contributed by atoms with E-state index in [2.05, 4.69) is 29.3 Å². The molecule has 8 nitrogen and oxygen atoms in total. The number of carbonyl (C=O) groups is 1. The number of benzene rings is 1. The highest BCUT2D eigenvalue weighted by Gasteiger charge is 2.47. The quantitative estimate of drug-likeness (QED) is 0.374. The van der Waals surface area contributed by atoms with E-state index in [-0.39, 0.29) is 23.9 Å². The van der Waals surface area contributed by atoms with E-state index in [9.17, 15) is 9.59 Å². The Morgan fingerprint density at radius 1 is 1.15 bits per heavy atom. The maximum absolute atomic E-state index is 13.5. The number of hydrogen-bond donors (Lipinski definition) is 2. The Kier molecular flexibility index (Phi) is 7.57. The van der Waals surface area contributed by atoms with E-state index in [0.29, 0.717) is 34.2 Å². The number of H-pyrrole nitrogens is 1. The van der Waals surface area contributed by atoms with Crippen LogP contribution in [0.1, 0.15) is 59.8 Å². The molecule has 1 aliphatic heterocycles. The van der Waals surface area contributed by atoms with Crippen LogP contribution in [0.3, 0.4) is 0 Å². The summed E-state index contributed by atoms with van der Waals surface area (Å²) in [4.78, 5) is 32.1. The van der Waals surface area contributed by atoms with Crippen LogP contribution in [0.5, 0.6) is 11.5 Å². The van der Waals surface area contributed by atoms with Crippen LogP contribution in [0.2, 0.25) is 0 Å². The Bertz CT molecular complexity index is 1420. The SMILES string of the molecule is CSc1cc(C)[nH]c(=O)c1CNC(=O)c1cc(-c2ccoc2)c2c(c1C)OC(C)([C@H]1CC[C@H](N(C)C)CC1)O2. The first kappa shape index (κ1) is 27.4. The Hall–Kier alpha value is -3.17. The molecule has 2 aliphatic rings. The fourth-order valence-corrected chi connectivity index (χ4v) is 6.54. The number of rotatable bonds is 7. The van der Waals surface area contributed by atoms with Gasteiger partial charge < -0.3 is 29.1 Å². The van der Waals surface area contributed by atoms with Crippen molar-refractivity contribution < 1.29 is 18.7 Å². The summed E-state index contributed by atoms with van der Waals surface area (Å²) in [5, 5.41) is 2.96. The van der Waals surface area contributed by atoms with Crippen LogP contribution >= 0.6 is 11.8 Å². The Balaban J connectivity index is 1.45. The van der Waals surface area contributed by atoms with Crippen LogP contribution in [-0.2, 0) is 6.54 Å². The van der Waals surface area contributed by atoms with Gasteiger partial charge in [-0.25, -0.2) is 0 Å². The molecule has 1 fully saturated rings. The summed E-state index contributed by atoms with van der Waals surface area (Å²) in [5.41, 5.74) is 3.87. The number of nitrogens with zero attached hydrogens (tertiary/aromatic N) is 1. The summed E-state index contributed by atoms with van der Waals surface area (Å²) in [6.07, 6.45) is 9.36. The van der Waals surface area contributed by atoms with Crippen molar-refractivity contribution in [2.45, 2.75) is 69.7 Å². The molecule has 2 N–H and O–H groups in total. The van der Waals surface area contributed by atoms with Gasteiger partial charge in [-0.05, 0) is 78.1 Å². The molecule has 1 unspecified atom stereocenters. The van der Waals surface area contributed by atoms with Gasteiger partial charge in [0.1, 0.15) is 0 Å². The van der Waals surface area contributed by atoms with Gasteiger partial charge in [0.05, 0.1) is 12.5 Å². The van der Waals surface area contributed by atoms with Gasteiger partial charge in [0.2, 0.25) is 0 Å². The number of ether oxygens (including phenoxy) is 2. The zero-order chi connectivity index (χ0) is 27.9. The van der Waals surface area contributed by atoms with Gasteiger partial charge in [-0.1, -0.05) is 0 Å². The number of nitrogens with one attached hydrogen (secondary N) is 2. The zero-order valence-electron chi connectivity index (χ0n) is 23.5. The van der Waals surface area contributed by atoms with E-state index in [1.807, 2.05) is 45.2 Å². The summed E-state index contributed by atoms with van der Waals surface area (Å²) in [7, 11) is 4.27. The summed E-state index contributed by atoms with van der Waals surface area (Å²) in [6.45, 7) is 5.86. The second-order valence-electron chi connectivity index (χ2n) is 11.0. The van der Waals surface area contributed by atoms with Crippen LogP contribution in [0.25, 0.3) is 11.1 Å². The number of furan rings is 1. The van der Waals surface area contributed by atoms with Gasteiger partial charge in [-0.15, -0.1) is 11.8 Å². The molecule has 1 saturated carbocycles. The minimum atomic E-state index is -0.819. The molecular formula is C30H37N3O5S. The average Bonchev–Trinajstić information content (AvgIpc) is 3.57. The van der Waals surface area contributed by atoms with Crippen molar-refractivity contribution in [1.82, 2.24) is 15.2 Å². The van der Waals surface area contributed by atoms with Crippen molar-refractivity contribution in [1.29, 1.82) is 0 Å². The molecule has 3 heterocycles. The van der Waals surface area contributed by atoms with Gasteiger partial charge >= 0.3 is 0 Å². The number of aromatic amines is 1. The number of hydrogen-bond acceptors (Lipinski definition) is 7. The summed E-state index contributed by atoms with van der Waals surface area (Å²) in [5.74, 6) is 0.362. The minimum Gasteiger partial charge on any atom is -0.472 e. The number of carbonyl (C=O) groups excluding carboxylic acids is 1. The van der Waals surface area contributed by atoms with E-state index in [1.54, 1.807) is 12.5 Å². The Morgan fingerprint density at radius 2 is 1.87 bits per heavy atom. The lowest BCUT2D eigenvalue weighted by Gasteiger charge is -2.39. The number of aryl methyl sites for hydroxylation is 1. The molecule has 9 heteroatoms. The lowest BCUT2D eigenvalue weighted by molar-refractivity contribution is -0.123. The second-order valence-corrected chi connectivity index (χ2v) is 11.8. The van der Waals surface area contributed by atoms with E-state index in [4.69, 9.17) is 13.9 Å². The van der Waals surface area contributed by atoms with Crippen LogP contribution in [0.4, 0.5) is 0 Å². The third kappa shape index (κ3) is 5.22. The molecule has 1 aliphatic carbocycles. The van der Waals surface area contributed by atoms with Crippen LogP contribution in [0.15, 0.2) is 44.8 Å². The molecule has 0 radical (unpaired) electrons. The molecule has 0 spiro atoms. The van der Waals surface area contributed by atoms with Crippen molar-refractivity contribution in [2.75, 3.05) is 20.4 Å². The lowest BCUT2D eigenvalue weighted by atomic mass is 9.81. The molecule has 0 bridgehead atoms. The number of fused-ring (bicyclic) bond motifs is 1. The molecule has 1 aromatic carbocycles. The first-order chi connectivity index (χ1) is 18.6. The topological polar surface area (TPSA) is 96.8 Å². The van der Waals surface area contributed by atoms with Gasteiger partial charge in [-0.3, -0.25) is 9.59 Å².